The molecule has 1 amide bonds. The lowest BCUT2D eigenvalue weighted by molar-refractivity contribution is -0.141. The summed E-state index contributed by atoms with van der Waals surface area (Å²) in [4.78, 5) is 22.9. The van der Waals surface area contributed by atoms with Crippen molar-refractivity contribution in [1.29, 1.82) is 0 Å². The van der Waals surface area contributed by atoms with Crippen LogP contribution in [-0.4, -0.2) is 29.1 Å². The Morgan fingerprint density at radius 1 is 1.47 bits per heavy atom. The Bertz CT molecular complexity index is 307. The quantitative estimate of drug-likeness (QED) is 0.644. The topological polar surface area (TPSA) is 92.4 Å². The molecule has 0 saturated heterocycles. The molecular formula is C12H22N2O3. The summed E-state index contributed by atoms with van der Waals surface area (Å²) in [5.74, 6) is -0.987. The number of carboxylic acids is 1. The third kappa shape index (κ3) is 2.97. The molecule has 4 N–H and O–H groups in total. The van der Waals surface area contributed by atoms with E-state index in [1.54, 1.807) is 0 Å². The van der Waals surface area contributed by atoms with Gasteiger partial charge in [-0.1, -0.05) is 6.92 Å². The third-order valence-electron chi connectivity index (χ3n) is 3.96. The van der Waals surface area contributed by atoms with Gasteiger partial charge in [0, 0.05) is 6.54 Å². The molecule has 0 aliphatic heterocycles. The van der Waals surface area contributed by atoms with Gasteiger partial charge in [-0.2, -0.15) is 0 Å². The fraction of sp³-hybridized carbons (Fsp3) is 0.833. The molecule has 0 aromatic heterocycles. The van der Waals surface area contributed by atoms with Crippen molar-refractivity contribution in [1.82, 2.24) is 5.32 Å². The highest BCUT2D eigenvalue weighted by molar-refractivity contribution is 5.84. The number of amides is 1. The summed E-state index contributed by atoms with van der Waals surface area (Å²) in [5.41, 5.74) is 4.49. The van der Waals surface area contributed by atoms with Crippen LogP contribution in [0.3, 0.4) is 0 Å². The van der Waals surface area contributed by atoms with Gasteiger partial charge in [0.2, 0.25) is 5.91 Å². The van der Waals surface area contributed by atoms with Crippen molar-refractivity contribution in [3.05, 3.63) is 0 Å². The predicted octanol–water partition coefficient (Wildman–Crippen LogP) is 0.875. The minimum Gasteiger partial charge on any atom is -0.481 e. The van der Waals surface area contributed by atoms with Crippen molar-refractivity contribution in [3.8, 4) is 0 Å². The lowest BCUT2D eigenvalue weighted by Crippen LogP contribution is -2.58. The zero-order valence-electron chi connectivity index (χ0n) is 10.6. The third-order valence-corrected chi connectivity index (χ3v) is 3.96. The lowest BCUT2D eigenvalue weighted by atomic mass is 9.73. The molecule has 17 heavy (non-hydrogen) atoms. The van der Waals surface area contributed by atoms with Gasteiger partial charge in [0.15, 0.2) is 0 Å². The highest BCUT2D eigenvalue weighted by Gasteiger charge is 2.43. The van der Waals surface area contributed by atoms with Gasteiger partial charge in [0.25, 0.3) is 0 Å². The molecule has 5 heteroatoms. The van der Waals surface area contributed by atoms with Crippen LogP contribution < -0.4 is 11.1 Å². The number of aliphatic carboxylic acids is 1. The molecule has 1 unspecified atom stereocenters. The average molecular weight is 242 g/mol. The Morgan fingerprint density at radius 2 is 2.06 bits per heavy atom. The second-order valence-electron chi connectivity index (χ2n) is 5.28. The zero-order valence-corrected chi connectivity index (χ0v) is 10.6. The van der Waals surface area contributed by atoms with Crippen LogP contribution in [0, 0.1) is 5.41 Å². The van der Waals surface area contributed by atoms with Crippen LogP contribution in [0.1, 0.15) is 46.0 Å². The van der Waals surface area contributed by atoms with Crippen molar-refractivity contribution < 1.29 is 14.7 Å². The normalized spacial score (nSPS) is 21.1. The van der Waals surface area contributed by atoms with Gasteiger partial charge >= 0.3 is 5.97 Å². The van der Waals surface area contributed by atoms with Gasteiger partial charge in [0.05, 0.1) is 17.4 Å². The van der Waals surface area contributed by atoms with E-state index in [-0.39, 0.29) is 18.9 Å². The number of nitrogens with two attached hydrogens (primary N) is 1. The molecule has 1 fully saturated rings. The molecule has 1 aliphatic rings. The van der Waals surface area contributed by atoms with Crippen molar-refractivity contribution in [2.45, 2.75) is 51.5 Å². The molecule has 0 spiro atoms. The minimum atomic E-state index is -0.865. The molecule has 0 radical (unpaired) electrons. The van der Waals surface area contributed by atoms with Gasteiger partial charge in [-0.05, 0) is 32.6 Å². The molecule has 0 bridgehead atoms. The first-order valence-corrected chi connectivity index (χ1v) is 6.12. The average Bonchev–Trinajstić information content (AvgIpc) is 2.24. The second kappa shape index (κ2) is 5.04. The van der Waals surface area contributed by atoms with E-state index in [9.17, 15) is 9.59 Å². The summed E-state index contributed by atoms with van der Waals surface area (Å²) in [6, 6.07) is 0. The number of hydrogen-bond acceptors (Lipinski definition) is 3. The van der Waals surface area contributed by atoms with Gasteiger partial charge in [-0.25, -0.2) is 0 Å². The molecule has 0 aromatic rings. The summed E-state index contributed by atoms with van der Waals surface area (Å²) in [6.45, 7) is 4.00. The Hall–Kier alpha value is -1.10. The minimum absolute atomic E-state index is 0.00308. The number of carboxylic acid groups (broad SMARTS) is 1. The molecular weight excluding hydrogens is 220 g/mol. The number of rotatable bonds is 6. The molecule has 1 rings (SSSR count). The van der Waals surface area contributed by atoms with Crippen LogP contribution in [0.4, 0.5) is 0 Å². The molecule has 5 nitrogen and oxygen atoms in total. The Balaban J connectivity index is 2.68. The maximum absolute atomic E-state index is 12.1. The van der Waals surface area contributed by atoms with Crippen LogP contribution in [-0.2, 0) is 9.59 Å². The summed E-state index contributed by atoms with van der Waals surface area (Å²) in [7, 11) is 0. The fourth-order valence-corrected chi connectivity index (χ4v) is 2.03. The van der Waals surface area contributed by atoms with E-state index in [1.807, 2.05) is 13.8 Å². The van der Waals surface area contributed by atoms with E-state index in [0.29, 0.717) is 6.42 Å². The number of carbonyl (C=O) groups excluding carboxylic acids is 1. The van der Waals surface area contributed by atoms with Crippen LogP contribution in [0.15, 0.2) is 0 Å². The van der Waals surface area contributed by atoms with E-state index in [4.69, 9.17) is 10.8 Å². The van der Waals surface area contributed by atoms with Crippen LogP contribution in [0.25, 0.3) is 0 Å². The molecule has 0 heterocycles. The largest absolute Gasteiger partial charge is 0.481 e. The predicted molar refractivity (Wildman–Crippen MR) is 64.4 cm³/mol. The Labute approximate surface area is 102 Å². The van der Waals surface area contributed by atoms with Crippen molar-refractivity contribution in [2.24, 2.45) is 11.1 Å². The van der Waals surface area contributed by atoms with E-state index < -0.39 is 16.9 Å². The van der Waals surface area contributed by atoms with Gasteiger partial charge in [-0.15, -0.1) is 0 Å². The number of carbonyl (C=O) groups is 2. The van der Waals surface area contributed by atoms with Crippen LogP contribution in [0.2, 0.25) is 0 Å². The smallest absolute Gasteiger partial charge is 0.305 e. The lowest BCUT2D eigenvalue weighted by Gasteiger charge is -2.43. The standard InChI is InChI=1S/C12H22N2O3/c1-3-11(2,8-13)10(17)14-12(5-4-6-12)7-9(15)16/h3-8,13H2,1-2H3,(H,14,17)(H,15,16). The van der Waals surface area contributed by atoms with E-state index in [2.05, 4.69) is 5.32 Å². The van der Waals surface area contributed by atoms with Gasteiger partial charge in [0.1, 0.15) is 0 Å². The number of hydrogen-bond donors (Lipinski definition) is 3. The second-order valence-corrected chi connectivity index (χ2v) is 5.28. The summed E-state index contributed by atoms with van der Waals surface area (Å²) in [5, 5.41) is 11.8. The van der Waals surface area contributed by atoms with E-state index >= 15 is 0 Å². The first-order chi connectivity index (χ1) is 7.87. The SMILES string of the molecule is CCC(C)(CN)C(=O)NC1(CC(=O)O)CCC1. The highest BCUT2D eigenvalue weighted by atomic mass is 16.4. The Morgan fingerprint density at radius 3 is 2.35 bits per heavy atom. The molecule has 98 valence electrons. The van der Waals surface area contributed by atoms with Crippen molar-refractivity contribution in [2.75, 3.05) is 6.54 Å². The first kappa shape index (κ1) is 14.0. The molecule has 1 atom stereocenters. The van der Waals surface area contributed by atoms with Crippen molar-refractivity contribution in [3.63, 3.8) is 0 Å². The van der Waals surface area contributed by atoms with Crippen molar-refractivity contribution >= 4 is 11.9 Å². The van der Waals surface area contributed by atoms with Crippen LogP contribution in [0.5, 0.6) is 0 Å². The van der Waals surface area contributed by atoms with E-state index in [1.165, 1.54) is 0 Å². The zero-order chi connectivity index (χ0) is 13.1. The molecule has 1 saturated carbocycles. The van der Waals surface area contributed by atoms with E-state index in [0.717, 1.165) is 19.3 Å². The fourth-order valence-electron chi connectivity index (χ4n) is 2.03. The first-order valence-electron chi connectivity index (χ1n) is 6.12. The number of nitrogens with one attached hydrogen (secondary N) is 1. The Kier molecular flexibility index (Phi) is 4.14. The molecule has 0 aromatic carbocycles. The summed E-state index contributed by atoms with van der Waals surface area (Å²) in [6.07, 6.45) is 3.12. The van der Waals surface area contributed by atoms with Crippen LogP contribution >= 0.6 is 0 Å². The van der Waals surface area contributed by atoms with Gasteiger partial charge in [-0.3, -0.25) is 9.59 Å². The maximum Gasteiger partial charge on any atom is 0.305 e. The maximum atomic E-state index is 12.1. The monoisotopic (exact) mass is 242 g/mol. The van der Waals surface area contributed by atoms with Gasteiger partial charge < -0.3 is 16.2 Å². The highest BCUT2D eigenvalue weighted by Crippen LogP contribution is 2.36. The summed E-state index contributed by atoms with van der Waals surface area (Å²) < 4.78 is 0. The molecule has 1 aliphatic carbocycles. The summed E-state index contributed by atoms with van der Waals surface area (Å²) >= 11 is 0.